The lowest BCUT2D eigenvalue weighted by molar-refractivity contribution is 0.0732. The molecule has 1 unspecified atom stereocenters. The molecule has 7 heteroatoms. The highest BCUT2D eigenvalue weighted by Crippen LogP contribution is 2.23. The highest BCUT2D eigenvalue weighted by atomic mass is 35.5. The minimum atomic E-state index is -0.0523. The van der Waals surface area contributed by atoms with Gasteiger partial charge in [0.15, 0.2) is 0 Å². The van der Waals surface area contributed by atoms with E-state index in [-0.39, 0.29) is 18.3 Å². The molecule has 1 atom stereocenters. The number of aryl methyl sites for hydroxylation is 1. The van der Waals surface area contributed by atoms with Gasteiger partial charge in [0.2, 0.25) is 5.76 Å². The van der Waals surface area contributed by atoms with Crippen molar-refractivity contribution in [2.75, 3.05) is 39.3 Å². The maximum absolute atomic E-state index is 12.7. The molecule has 1 amide bonds. The van der Waals surface area contributed by atoms with E-state index < -0.39 is 0 Å². The molecule has 0 spiro atoms. The first-order valence-electron chi connectivity index (χ1n) is 8.98. The number of hydrogen-bond acceptors (Lipinski definition) is 5. The number of carbonyl (C=O) groups excluding carboxylic acids is 1. The van der Waals surface area contributed by atoms with E-state index in [0.717, 1.165) is 51.3 Å². The molecule has 4 rings (SSSR count). The maximum atomic E-state index is 12.7. The van der Waals surface area contributed by atoms with Crippen molar-refractivity contribution in [2.45, 2.75) is 19.4 Å². The number of halogens is 1. The third-order valence-electron chi connectivity index (χ3n) is 5.19. The summed E-state index contributed by atoms with van der Waals surface area (Å²) in [6.07, 6.45) is 1.03. The summed E-state index contributed by atoms with van der Waals surface area (Å²) in [6, 6.07) is 10.3. The number of piperazine rings is 1. The van der Waals surface area contributed by atoms with Crippen LogP contribution in [0.15, 0.2) is 34.9 Å². The van der Waals surface area contributed by atoms with Gasteiger partial charge in [0, 0.05) is 56.9 Å². The van der Waals surface area contributed by atoms with Crippen LogP contribution in [0.4, 0.5) is 0 Å². The first-order chi connectivity index (χ1) is 12.2. The normalized spacial score (nSPS) is 20.8. The molecule has 0 aliphatic carbocycles. The third-order valence-corrected chi connectivity index (χ3v) is 5.19. The van der Waals surface area contributed by atoms with E-state index in [1.54, 1.807) is 6.07 Å². The van der Waals surface area contributed by atoms with Gasteiger partial charge in [-0.05, 0) is 13.3 Å². The summed E-state index contributed by atoms with van der Waals surface area (Å²) in [5.41, 5.74) is 2.87. The average molecular weight is 377 g/mol. The molecule has 1 aromatic carbocycles. The highest BCUT2D eigenvalue weighted by Gasteiger charge is 2.32. The van der Waals surface area contributed by atoms with Crippen molar-refractivity contribution >= 4 is 18.3 Å². The van der Waals surface area contributed by atoms with Gasteiger partial charge in [-0.1, -0.05) is 35.0 Å². The van der Waals surface area contributed by atoms with Gasteiger partial charge in [0.25, 0.3) is 5.91 Å². The van der Waals surface area contributed by atoms with E-state index >= 15 is 0 Å². The monoisotopic (exact) mass is 376 g/mol. The fraction of sp³-hybridized carbons (Fsp3) is 0.474. The predicted octanol–water partition coefficient (Wildman–Crippen LogP) is 2.19. The zero-order chi connectivity index (χ0) is 17.2. The predicted molar refractivity (Wildman–Crippen MR) is 103 cm³/mol. The van der Waals surface area contributed by atoms with Crippen LogP contribution in [0.1, 0.15) is 22.5 Å². The molecule has 0 radical (unpaired) electrons. The summed E-state index contributed by atoms with van der Waals surface area (Å²) >= 11 is 0. The topological polar surface area (TPSA) is 61.6 Å². The lowest BCUT2D eigenvalue weighted by Gasteiger charge is -2.32. The number of nitrogens with zero attached hydrogens (tertiary/aromatic N) is 3. The fourth-order valence-corrected chi connectivity index (χ4v) is 3.66. The van der Waals surface area contributed by atoms with E-state index in [2.05, 4.69) is 15.4 Å². The van der Waals surface area contributed by atoms with Crippen molar-refractivity contribution in [1.29, 1.82) is 0 Å². The van der Waals surface area contributed by atoms with Gasteiger partial charge in [-0.3, -0.25) is 9.69 Å². The summed E-state index contributed by atoms with van der Waals surface area (Å²) in [5.74, 6) is 0.278. The molecular formula is C19H25ClN4O2. The lowest BCUT2D eigenvalue weighted by Crippen LogP contribution is -2.49. The summed E-state index contributed by atoms with van der Waals surface area (Å²) in [6.45, 7) is 7.80. The second-order valence-electron chi connectivity index (χ2n) is 6.92. The summed E-state index contributed by atoms with van der Waals surface area (Å²) in [4.78, 5) is 17.1. The zero-order valence-electron chi connectivity index (χ0n) is 15.0. The molecule has 1 aromatic heterocycles. The van der Waals surface area contributed by atoms with Crippen LogP contribution < -0.4 is 5.32 Å². The highest BCUT2D eigenvalue weighted by molar-refractivity contribution is 5.92. The van der Waals surface area contributed by atoms with Crippen molar-refractivity contribution in [3.05, 3.63) is 41.7 Å². The van der Waals surface area contributed by atoms with E-state index in [1.165, 1.54) is 5.56 Å². The van der Waals surface area contributed by atoms with E-state index in [0.29, 0.717) is 17.5 Å². The summed E-state index contributed by atoms with van der Waals surface area (Å²) in [7, 11) is 0. The minimum absolute atomic E-state index is 0. The zero-order valence-corrected chi connectivity index (χ0v) is 15.8. The molecule has 1 N–H and O–H groups in total. The first-order valence-corrected chi connectivity index (χ1v) is 8.98. The Labute approximate surface area is 159 Å². The number of amides is 1. The lowest BCUT2D eigenvalue weighted by atomic mass is 10.1. The van der Waals surface area contributed by atoms with E-state index in [4.69, 9.17) is 4.52 Å². The first kappa shape index (κ1) is 18.9. The van der Waals surface area contributed by atoms with Crippen LogP contribution in [-0.4, -0.2) is 66.2 Å². The number of carbonyl (C=O) groups is 1. The molecular weight excluding hydrogens is 352 g/mol. The quantitative estimate of drug-likeness (QED) is 0.889. The largest absolute Gasteiger partial charge is 0.350 e. The Morgan fingerprint density at radius 1 is 1.19 bits per heavy atom. The molecule has 0 bridgehead atoms. The molecule has 140 valence electrons. The Morgan fingerprint density at radius 3 is 2.65 bits per heavy atom. The minimum Gasteiger partial charge on any atom is -0.350 e. The third kappa shape index (κ3) is 3.92. The number of rotatable bonds is 3. The Hall–Kier alpha value is -1.89. The van der Waals surface area contributed by atoms with Gasteiger partial charge in [-0.15, -0.1) is 12.4 Å². The van der Waals surface area contributed by atoms with Crippen LogP contribution in [0, 0.1) is 6.92 Å². The van der Waals surface area contributed by atoms with Crippen LogP contribution in [0.3, 0.4) is 0 Å². The van der Waals surface area contributed by atoms with Crippen LogP contribution in [0.2, 0.25) is 0 Å². The molecule has 2 fully saturated rings. The maximum Gasteiger partial charge on any atom is 0.292 e. The van der Waals surface area contributed by atoms with Gasteiger partial charge in [-0.25, -0.2) is 0 Å². The Kier molecular flexibility index (Phi) is 5.96. The van der Waals surface area contributed by atoms with E-state index in [9.17, 15) is 4.79 Å². The second kappa shape index (κ2) is 8.20. The van der Waals surface area contributed by atoms with Crippen LogP contribution in [0.25, 0.3) is 11.3 Å². The average Bonchev–Trinajstić information content (AvgIpc) is 3.33. The Morgan fingerprint density at radius 2 is 1.92 bits per heavy atom. The number of likely N-dealkylation sites (tertiary alicyclic amines) is 1. The van der Waals surface area contributed by atoms with Crippen LogP contribution in [-0.2, 0) is 0 Å². The van der Waals surface area contributed by atoms with Crippen molar-refractivity contribution < 1.29 is 9.32 Å². The van der Waals surface area contributed by atoms with Crippen molar-refractivity contribution in [3.63, 3.8) is 0 Å². The van der Waals surface area contributed by atoms with Crippen LogP contribution in [0.5, 0.6) is 0 Å². The van der Waals surface area contributed by atoms with Crippen LogP contribution >= 0.6 is 12.4 Å². The second-order valence-corrected chi connectivity index (χ2v) is 6.92. The van der Waals surface area contributed by atoms with Gasteiger partial charge in [0.05, 0.1) is 0 Å². The summed E-state index contributed by atoms with van der Waals surface area (Å²) in [5, 5.41) is 7.45. The van der Waals surface area contributed by atoms with E-state index in [1.807, 2.05) is 36.1 Å². The van der Waals surface area contributed by atoms with Crippen molar-refractivity contribution in [2.24, 2.45) is 0 Å². The number of hydrogen-bond donors (Lipinski definition) is 1. The van der Waals surface area contributed by atoms with Gasteiger partial charge in [-0.2, -0.15) is 0 Å². The SMILES string of the molecule is Cc1ccc(-c2cc(C(=O)N3CCC(N4CCNCC4)C3)on2)cc1.Cl. The smallest absolute Gasteiger partial charge is 0.292 e. The van der Waals surface area contributed by atoms with Crippen molar-refractivity contribution in [1.82, 2.24) is 20.3 Å². The molecule has 2 aliphatic rings. The molecule has 6 nitrogen and oxygen atoms in total. The molecule has 2 saturated heterocycles. The van der Waals surface area contributed by atoms with Gasteiger partial charge in [0.1, 0.15) is 5.69 Å². The molecule has 3 heterocycles. The molecule has 2 aliphatic heterocycles. The Bertz CT molecular complexity index is 740. The van der Waals surface area contributed by atoms with Crippen molar-refractivity contribution in [3.8, 4) is 11.3 Å². The summed E-state index contributed by atoms with van der Waals surface area (Å²) < 4.78 is 5.34. The molecule has 0 saturated carbocycles. The van der Waals surface area contributed by atoms with Gasteiger partial charge >= 0.3 is 0 Å². The Balaban J connectivity index is 0.00000196. The number of nitrogens with one attached hydrogen (secondary N) is 1. The number of aromatic nitrogens is 1. The molecule has 2 aromatic rings. The standard InChI is InChI=1S/C19H24N4O2.ClH/c1-14-2-4-15(5-3-14)17-12-18(25-21-17)19(24)23-9-6-16(13-23)22-10-7-20-8-11-22;/h2-5,12,16,20H,6-11,13H2,1H3;1H. The number of benzene rings is 1. The molecule has 26 heavy (non-hydrogen) atoms. The fourth-order valence-electron chi connectivity index (χ4n) is 3.66. The van der Waals surface area contributed by atoms with Gasteiger partial charge < -0.3 is 14.7 Å².